The summed E-state index contributed by atoms with van der Waals surface area (Å²) in [7, 11) is 0. The molecule has 0 fully saturated rings. The van der Waals surface area contributed by atoms with Crippen LogP contribution in [0.25, 0.3) is 6.08 Å². The van der Waals surface area contributed by atoms with Crippen LogP contribution in [0.3, 0.4) is 0 Å². The molecule has 0 saturated carbocycles. The van der Waals surface area contributed by atoms with Crippen LogP contribution in [0.4, 0.5) is 8.78 Å². The van der Waals surface area contributed by atoms with Gasteiger partial charge in [0.05, 0.1) is 0 Å². The molecule has 0 N–H and O–H groups in total. The van der Waals surface area contributed by atoms with Gasteiger partial charge in [-0.1, -0.05) is 18.2 Å². The van der Waals surface area contributed by atoms with Crippen molar-refractivity contribution in [3.63, 3.8) is 0 Å². The fraction of sp³-hybridized carbons (Fsp3) is 0.294. The van der Waals surface area contributed by atoms with Crippen LogP contribution in [-0.2, 0) is 12.8 Å². The van der Waals surface area contributed by atoms with Gasteiger partial charge >= 0.3 is 0 Å². The lowest BCUT2D eigenvalue weighted by Gasteiger charge is -2.17. The van der Waals surface area contributed by atoms with Crippen molar-refractivity contribution in [3.05, 3.63) is 65.3 Å². The van der Waals surface area contributed by atoms with Gasteiger partial charge in [0, 0.05) is 37.9 Å². The molecule has 1 aliphatic heterocycles. The molecule has 3 rings (SSSR count). The minimum absolute atomic E-state index is 0.669. The molecule has 0 bridgehead atoms. The third-order valence-corrected chi connectivity index (χ3v) is 3.86. The van der Waals surface area contributed by atoms with E-state index < -0.39 is 11.6 Å². The molecule has 2 heterocycles. The third-order valence-electron chi connectivity index (χ3n) is 3.86. The normalized spacial score (nSPS) is 15.7. The molecule has 5 heteroatoms. The van der Waals surface area contributed by atoms with E-state index in [1.54, 1.807) is 12.4 Å². The average Bonchev–Trinajstić information content (AvgIpc) is 2.74. The monoisotopic (exact) mass is 301 g/mol. The average molecular weight is 301 g/mol. The first-order valence-electron chi connectivity index (χ1n) is 7.34. The summed E-state index contributed by atoms with van der Waals surface area (Å²) >= 11 is 0. The minimum atomic E-state index is -0.816. The van der Waals surface area contributed by atoms with Gasteiger partial charge in [-0.2, -0.15) is 0 Å². The number of halogens is 2. The molecule has 3 nitrogen and oxygen atoms in total. The predicted octanol–water partition coefficient (Wildman–Crippen LogP) is 2.87. The summed E-state index contributed by atoms with van der Waals surface area (Å²) in [4.78, 5) is 10.7. The molecule has 0 unspecified atom stereocenters. The number of hydrogen-bond donors (Lipinski definition) is 0. The van der Waals surface area contributed by atoms with E-state index in [1.807, 2.05) is 18.3 Å². The van der Waals surface area contributed by atoms with Crippen molar-refractivity contribution in [1.29, 1.82) is 0 Å². The SMILES string of the molecule is Fc1ccc(/C=C/CN2CCc3cncnc3CC2)cc1F. The minimum Gasteiger partial charge on any atom is -0.299 e. The summed E-state index contributed by atoms with van der Waals surface area (Å²) in [6, 6.07) is 3.93. The van der Waals surface area contributed by atoms with Crippen LogP contribution in [-0.4, -0.2) is 34.5 Å². The van der Waals surface area contributed by atoms with Crippen LogP contribution in [0.5, 0.6) is 0 Å². The number of benzene rings is 1. The Labute approximate surface area is 128 Å². The molecule has 0 radical (unpaired) electrons. The smallest absolute Gasteiger partial charge is 0.159 e. The first kappa shape index (κ1) is 14.8. The molecule has 1 aliphatic rings. The molecule has 0 atom stereocenters. The van der Waals surface area contributed by atoms with Crippen molar-refractivity contribution in [2.75, 3.05) is 19.6 Å². The molecule has 0 aliphatic carbocycles. The number of fused-ring (bicyclic) bond motifs is 1. The summed E-state index contributed by atoms with van der Waals surface area (Å²) < 4.78 is 26.0. The largest absolute Gasteiger partial charge is 0.299 e. The molecule has 1 aromatic carbocycles. The van der Waals surface area contributed by atoms with E-state index in [4.69, 9.17) is 0 Å². The molecular weight excluding hydrogens is 284 g/mol. The Bertz CT molecular complexity index is 658. The van der Waals surface area contributed by atoms with Crippen LogP contribution in [0.1, 0.15) is 16.8 Å². The number of aromatic nitrogens is 2. The summed E-state index contributed by atoms with van der Waals surface area (Å²) in [5.74, 6) is -1.63. The third kappa shape index (κ3) is 3.54. The topological polar surface area (TPSA) is 29.0 Å². The van der Waals surface area contributed by atoms with Gasteiger partial charge in [0.15, 0.2) is 11.6 Å². The van der Waals surface area contributed by atoms with Crippen LogP contribution in [0, 0.1) is 11.6 Å². The van der Waals surface area contributed by atoms with E-state index in [-0.39, 0.29) is 0 Å². The van der Waals surface area contributed by atoms with Crippen LogP contribution >= 0.6 is 0 Å². The summed E-state index contributed by atoms with van der Waals surface area (Å²) in [6.45, 7) is 2.66. The standard InChI is InChI=1S/C17H17F2N3/c18-15-4-3-13(10-16(15)19)2-1-7-22-8-5-14-11-20-12-21-17(14)6-9-22/h1-4,10-12H,5-9H2/b2-1+. The van der Waals surface area contributed by atoms with E-state index in [0.717, 1.165) is 44.2 Å². The van der Waals surface area contributed by atoms with Gasteiger partial charge in [0.25, 0.3) is 0 Å². The maximum absolute atomic E-state index is 13.1. The molecule has 1 aromatic heterocycles. The second-order valence-electron chi connectivity index (χ2n) is 5.37. The zero-order valence-electron chi connectivity index (χ0n) is 12.2. The highest BCUT2D eigenvalue weighted by atomic mass is 19.2. The number of hydrogen-bond acceptors (Lipinski definition) is 3. The van der Waals surface area contributed by atoms with E-state index in [2.05, 4.69) is 14.9 Å². The first-order valence-corrected chi connectivity index (χ1v) is 7.34. The maximum Gasteiger partial charge on any atom is 0.159 e. The quantitative estimate of drug-likeness (QED) is 0.873. The Morgan fingerprint density at radius 2 is 2.00 bits per heavy atom. The second-order valence-corrected chi connectivity index (χ2v) is 5.37. The number of rotatable bonds is 3. The Morgan fingerprint density at radius 1 is 1.14 bits per heavy atom. The molecule has 2 aromatic rings. The summed E-state index contributed by atoms with van der Waals surface area (Å²) in [5.41, 5.74) is 3.01. The highest BCUT2D eigenvalue weighted by Crippen LogP contribution is 2.13. The van der Waals surface area contributed by atoms with Gasteiger partial charge in [0.2, 0.25) is 0 Å². The van der Waals surface area contributed by atoms with Gasteiger partial charge in [-0.25, -0.2) is 18.7 Å². The van der Waals surface area contributed by atoms with Crippen LogP contribution < -0.4 is 0 Å². The van der Waals surface area contributed by atoms with E-state index >= 15 is 0 Å². The second kappa shape index (κ2) is 6.75. The van der Waals surface area contributed by atoms with Gasteiger partial charge in [-0.05, 0) is 29.7 Å². The lowest BCUT2D eigenvalue weighted by Crippen LogP contribution is -2.26. The van der Waals surface area contributed by atoms with Gasteiger partial charge < -0.3 is 0 Å². The van der Waals surface area contributed by atoms with Crippen molar-refractivity contribution in [1.82, 2.24) is 14.9 Å². The predicted molar refractivity (Wildman–Crippen MR) is 81.3 cm³/mol. The van der Waals surface area contributed by atoms with Gasteiger partial charge in [0.1, 0.15) is 6.33 Å². The van der Waals surface area contributed by atoms with Crippen molar-refractivity contribution in [3.8, 4) is 0 Å². The Balaban J connectivity index is 1.58. The Kier molecular flexibility index (Phi) is 4.53. The summed E-state index contributed by atoms with van der Waals surface area (Å²) in [6.07, 6.45) is 9.14. The number of nitrogens with zero attached hydrogens (tertiary/aromatic N) is 3. The zero-order valence-corrected chi connectivity index (χ0v) is 12.2. The molecule has 0 spiro atoms. The van der Waals surface area contributed by atoms with Crippen LogP contribution in [0.2, 0.25) is 0 Å². The highest BCUT2D eigenvalue weighted by molar-refractivity contribution is 5.49. The fourth-order valence-corrected chi connectivity index (χ4v) is 2.61. The van der Waals surface area contributed by atoms with Crippen molar-refractivity contribution in [2.45, 2.75) is 12.8 Å². The molecule has 0 amide bonds. The maximum atomic E-state index is 13.1. The first-order chi connectivity index (χ1) is 10.7. The lowest BCUT2D eigenvalue weighted by molar-refractivity contribution is 0.318. The van der Waals surface area contributed by atoms with Crippen molar-refractivity contribution in [2.24, 2.45) is 0 Å². The van der Waals surface area contributed by atoms with E-state index in [9.17, 15) is 8.78 Å². The van der Waals surface area contributed by atoms with Gasteiger partial charge in [-0.3, -0.25) is 4.90 Å². The lowest BCUT2D eigenvalue weighted by atomic mass is 10.1. The Hall–Kier alpha value is -2.14. The molecule has 22 heavy (non-hydrogen) atoms. The molecular formula is C17H17F2N3. The van der Waals surface area contributed by atoms with E-state index in [0.29, 0.717) is 5.56 Å². The molecule has 114 valence electrons. The van der Waals surface area contributed by atoms with Gasteiger partial charge in [-0.15, -0.1) is 0 Å². The zero-order chi connectivity index (χ0) is 15.4. The summed E-state index contributed by atoms with van der Waals surface area (Å²) in [5, 5.41) is 0. The fourth-order valence-electron chi connectivity index (χ4n) is 2.61. The van der Waals surface area contributed by atoms with Crippen LogP contribution in [0.15, 0.2) is 36.8 Å². The Morgan fingerprint density at radius 3 is 2.86 bits per heavy atom. The van der Waals surface area contributed by atoms with Crippen molar-refractivity contribution < 1.29 is 8.78 Å². The molecule has 0 saturated heterocycles. The highest BCUT2D eigenvalue weighted by Gasteiger charge is 2.13. The van der Waals surface area contributed by atoms with Crippen molar-refractivity contribution >= 4 is 6.08 Å². The van der Waals surface area contributed by atoms with E-state index in [1.165, 1.54) is 11.6 Å².